The first-order valence-corrected chi connectivity index (χ1v) is 10.9. The third-order valence-corrected chi connectivity index (χ3v) is 5.67. The zero-order valence-electron chi connectivity index (χ0n) is 17.2. The van der Waals surface area contributed by atoms with Crippen LogP contribution in [0, 0.1) is 0 Å². The topological polar surface area (TPSA) is 71.3 Å². The maximum Gasteiger partial charge on any atom is 0.323 e. The van der Waals surface area contributed by atoms with Gasteiger partial charge in [0.15, 0.2) is 5.65 Å². The smallest absolute Gasteiger partial charge is 0.308 e. The summed E-state index contributed by atoms with van der Waals surface area (Å²) >= 11 is 12.6. The molecule has 33 heavy (non-hydrogen) atoms. The highest BCUT2D eigenvalue weighted by atomic mass is 35.5. The van der Waals surface area contributed by atoms with E-state index >= 15 is 0 Å². The molecule has 2 heterocycles. The first-order valence-electron chi connectivity index (χ1n) is 10.1. The van der Waals surface area contributed by atoms with E-state index < -0.39 is 0 Å². The molecule has 2 N–H and O–H groups in total. The maximum absolute atomic E-state index is 12.5. The van der Waals surface area contributed by atoms with E-state index in [1.54, 1.807) is 16.9 Å². The lowest BCUT2D eigenvalue weighted by Crippen LogP contribution is -2.19. The van der Waals surface area contributed by atoms with Crippen LogP contribution in [-0.2, 0) is 0 Å². The van der Waals surface area contributed by atoms with Crippen LogP contribution >= 0.6 is 23.2 Å². The number of nitrogens with one attached hydrogen (secondary N) is 2. The summed E-state index contributed by atoms with van der Waals surface area (Å²) in [6.45, 7) is 0. The van der Waals surface area contributed by atoms with Gasteiger partial charge in [-0.2, -0.15) is 5.10 Å². The van der Waals surface area contributed by atoms with Crippen LogP contribution in [0.25, 0.3) is 28.0 Å². The van der Waals surface area contributed by atoms with Crippen molar-refractivity contribution in [2.75, 3.05) is 10.6 Å². The van der Waals surface area contributed by atoms with Crippen molar-refractivity contribution in [3.63, 3.8) is 0 Å². The van der Waals surface area contributed by atoms with Crippen molar-refractivity contribution in [2.24, 2.45) is 0 Å². The van der Waals surface area contributed by atoms with E-state index in [-0.39, 0.29) is 6.03 Å². The minimum atomic E-state index is -0.388. The van der Waals surface area contributed by atoms with Crippen molar-refractivity contribution in [3.8, 4) is 22.4 Å². The minimum Gasteiger partial charge on any atom is -0.308 e. The summed E-state index contributed by atoms with van der Waals surface area (Å²) in [4.78, 5) is 17.1. The molecule has 0 bridgehead atoms. The number of benzene rings is 3. The summed E-state index contributed by atoms with van der Waals surface area (Å²) in [5.74, 6) is 0. The number of carbonyl (C=O) groups is 1. The minimum absolute atomic E-state index is 0.388. The number of fused-ring (bicyclic) bond motifs is 1. The highest BCUT2D eigenvalue weighted by Crippen LogP contribution is 2.37. The molecule has 0 aliphatic carbocycles. The quantitative estimate of drug-likeness (QED) is 0.294. The number of halogens is 2. The predicted octanol–water partition coefficient (Wildman–Crippen LogP) is 7.01. The van der Waals surface area contributed by atoms with Crippen molar-refractivity contribution >= 4 is 46.3 Å². The fourth-order valence-electron chi connectivity index (χ4n) is 3.59. The van der Waals surface area contributed by atoms with Gasteiger partial charge < -0.3 is 10.6 Å². The number of carbonyl (C=O) groups excluding carboxylic acids is 1. The lowest BCUT2D eigenvalue weighted by molar-refractivity contribution is 0.262. The Balaban J connectivity index is 1.60. The van der Waals surface area contributed by atoms with Crippen molar-refractivity contribution in [3.05, 3.63) is 101 Å². The summed E-state index contributed by atoms with van der Waals surface area (Å²) in [6, 6.07) is 23.8. The van der Waals surface area contributed by atoms with Crippen LogP contribution in [0.5, 0.6) is 0 Å². The Bertz CT molecular complexity index is 1450. The van der Waals surface area contributed by atoms with Crippen LogP contribution in [0.2, 0.25) is 10.0 Å². The van der Waals surface area contributed by atoms with Crippen molar-refractivity contribution in [2.45, 2.75) is 0 Å². The van der Waals surface area contributed by atoms with Gasteiger partial charge in [-0.1, -0.05) is 71.7 Å². The molecule has 0 aliphatic rings. The van der Waals surface area contributed by atoms with Gasteiger partial charge in [-0.05, 0) is 30.3 Å². The van der Waals surface area contributed by atoms with Gasteiger partial charge in [0.05, 0.1) is 11.9 Å². The standard InChI is InChI=1S/C25H17Cl2N5O/c26-17-12-10-16(11-13-17)23-20(19-8-4-5-9-21(19)27)14-28-24-22(15-29-32(23)24)31-25(33)30-18-6-2-1-3-7-18/h1-15H,(H2,30,31,33). The molecule has 0 saturated heterocycles. The molecule has 0 spiro atoms. The van der Waals surface area contributed by atoms with Gasteiger partial charge in [0, 0.05) is 38.6 Å². The SMILES string of the molecule is O=C(Nc1ccccc1)Nc1cnn2c(-c3ccc(Cl)cc3)c(-c3ccccc3Cl)cnc12. The summed E-state index contributed by atoms with van der Waals surface area (Å²) in [5, 5.41) is 11.4. The number of hydrogen-bond donors (Lipinski definition) is 2. The van der Waals surface area contributed by atoms with Gasteiger partial charge in [-0.3, -0.25) is 0 Å². The van der Waals surface area contributed by atoms with Gasteiger partial charge in [-0.25, -0.2) is 14.3 Å². The van der Waals surface area contributed by atoms with Crippen LogP contribution in [0.1, 0.15) is 0 Å². The maximum atomic E-state index is 12.5. The molecule has 0 saturated carbocycles. The molecule has 0 atom stereocenters. The molecule has 3 aromatic carbocycles. The first-order chi connectivity index (χ1) is 16.1. The number of rotatable bonds is 4. The highest BCUT2D eigenvalue weighted by molar-refractivity contribution is 6.33. The average Bonchev–Trinajstić information content (AvgIpc) is 3.23. The van der Waals surface area contributed by atoms with Gasteiger partial charge in [0.2, 0.25) is 0 Å². The third kappa shape index (κ3) is 4.26. The Labute approximate surface area is 199 Å². The molecule has 2 amide bonds. The van der Waals surface area contributed by atoms with Gasteiger partial charge in [0.1, 0.15) is 5.69 Å². The molecular weight excluding hydrogens is 457 g/mol. The number of aromatic nitrogens is 3. The summed E-state index contributed by atoms with van der Waals surface area (Å²) in [7, 11) is 0. The lowest BCUT2D eigenvalue weighted by Gasteiger charge is -2.13. The fourth-order valence-corrected chi connectivity index (χ4v) is 3.95. The molecule has 162 valence electrons. The Kier molecular flexibility index (Phi) is 5.69. The van der Waals surface area contributed by atoms with Crippen LogP contribution in [0.15, 0.2) is 91.3 Å². The molecule has 0 radical (unpaired) electrons. The molecule has 5 rings (SSSR count). The normalized spacial score (nSPS) is 10.8. The number of urea groups is 1. The third-order valence-electron chi connectivity index (χ3n) is 5.09. The van der Waals surface area contributed by atoms with Crippen LogP contribution in [-0.4, -0.2) is 20.6 Å². The fraction of sp³-hybridized carbons (Fsp3) is 0. The summed E-state index contributed by atoms with van der Waals surface area (Å²) in [5.41, 5.74) is 4.95. The Morgan fingerprint density at radius 3 is 2.27 bits per heavy atom. The highest BCUT2D eigenvalue weighted by Gasteiger charge is 2.19. The van der Waals surface area contributed by atoms with E-state index in [1.165, 1.54) is 0 Å². The second-order valence-corrected chi connectivity index (χ2v) is 8.09. The number of nitrogens with zero attached hydrogens (tertiary/aromatic N) is 3. The van der Waals surface area contributed by atoms with Gasteiger partial charge >= 0.3 is 6.03 Å². The molecule has 6 nitrogen and oxygen atoms in total. The molecule has 0 aliphatic heterocycles. The summed E-state index contributed by atoms with van der Waals surface area (Å²) in [6.07, 6.45) is 3.31. The number of hydrogen-bond acceptors (Lipinski definition) is 3. The predicted molar refractivity (Wildman–Crippen MR) is 133 cm³/mol. The van der Waals surface area contributed by atoms with Crippen LogP contribution in [0.3, 0.4) is 0 Å². The molecule has 0 unspecified atom stereocenters. The largest absolute Gasteiger partial charge is 0.323 e. The summed E-state index contributed by atoms with van der Waals surface area (Å²) < 4.78 is 1.69. The van der Waals surface area contributed by atoms with E-state index in [1.807, 2.05) is 78.9 Å². The molecule has 2 aromatic heterocycles. The van der Waals surface area contributed by atoms with E-state index in [2.05, 4.69) is 20.7 Å². The van der Waals surface area contributed by atoms with Gasteiger partial charge in [-0.15, -0.1) is 0 Å². The molecule has 5 aromatic rings. The number of anilines is 2. The van der Waals surface area contributed by atoms with Crippen molar-refractivity contribution in [1.29, 1.82) is 0 Å². The van der Waals surface area contributed by atoms with E-state index in [9.17, 15) is 4.79 Å². The zero-order chi connectivity index (χ0) is 22.8. The van der Waals surface area contributed by atoms with Crippen LogP contribution < -0.4 is 10.6 Å². The van der Waals surface area contributed by atoms with Gasteiger partial charge in [0.25, 0.3) is 0 Å². The Hall–Kier alpha value is -3.87. The molecular formula is C25H17Cl2N5O. The second-order valence-electron chi connectivity index (χ2n) is 7.25. The van der Waals surface area contributed by atoms with Crippen molar-refractivity contribution in [1.82, 2.24) is 14.6 Å². The number of para-hydroxylation sites is 1. The monoisotopic (exact) mass is 473 g/mol. The van der Waals surface area contributed by atoms with E-state index in [4.69, 9.17) is 23.2 Å². The lowest BCUT2D eigenvalue weighted by atomic mass is 10.0. The molecule has 8 heteroatoms. The average molecular weight is 474 g/mol. The molecule has 0 fully saturated rings. The zero-order valence-corrected chi connectivity index (χ0v) is 18.7. The Morgan fingerprint density at radius 1 is 0.788 bits per heavy atom. The van der Waals surface area contributed by atoms with Crippen molar-refractivity contribution < 1.29 is 4.79 Å². The van der Waals surface area contributed by atoms with Crippen LogP contribution in [0.4, 0.5) is 16.2 Å². The Morgan fingerprint density at radius 2 is 1.52 bits per heavy atom. The first kappa shape index (κ1) is 21.0. The van der Waals surface area contributed by atoms with E-state index in [0.29, 0.717) is 27.1 Å². The van der Waals surface area contributed by atoms with E-state index in [0.717, 1.165) is 22.4 Å². The number of amides is 2. The second kappa shape index (κ2) is 8.94.